The van der Waals surface area contributed by atoms with Crippen LogP contribution >= 0.6 is 0 Å². The molecule has 1 N–H and O–H groups in total. The predicted molar refractivity (Wildman–Crippen MR) is 120 cm³/mol. The van der Waals surface area contributed by atoms with E-state index in [-0.39, 0.29) is 22.5 Å². The van der Waals surface area contributed by atoms with Crippen LogP contribution in [0.1, 0.15) is 24.1 Å². The minimum atomic E-state index is -3.83. The molecule has 1 fully saturated rings. The summed E-state index contributed by atoms with van der Waals surface area (Å²) >= 11 is 0. The molecule has 3 rings (SSSR count). The van der Waals surface area contributed by atoms with Crippen molar-refractivity contribution in [2.24, 2.45) is 0 Å². The Balaban J connectivity index is 1.83. The number of rotatable bonds is 8. The zero-order chi connectivity index (χ0) is 22.8. The van der Waals surface area contributed by atoms with Gasteiger partial charge < -0.3 is 10.2 Å². The molecule has 1 unspecified atom stereocenters. The van der Waals surface area contributed by atoms with Crippen LogP contribution in [0.25, 0.3) is 0 Å². The molecule has 3 atom stereocenters. The lowest BCUT2D eigenvalue weighted by atomic mass is 10.1. The summed E-state index contributed by atoms with van der Waals surface area (Å²) in [7, 11) is -3.59. The van der Waals surface area contributed by atoms with Crippen LogP contribution in [-0.2, 0) is 26.1 Å². The number of nitrogens with one attached hydrogen (secondary N) is 1. The molecule has 2 aromatic rings. The SMILES string of the molecule is CCc1ccc(S(=O)(=O)[C@H]2CS(=O)(=O)C[C@@H]2NCC(c2ccc(F)cc2)N(C)C)cc1. The van der Waals surface area contributed by atoms with Crippen molar-refractivity contribution >= 4 is 19.7 Å². The summed E-state index contributed by atoms with van der Waals surface area (Å²) in [5.41, 5.74) is 1.87. The van der Waals surface area contributed by atoms with E-state index in [0.717, 1.165) is 17.5 Å². The van der Waals surface area contributed by atoms with Crippen LogP contribution < -0.4 is 5.32 Å². The lowest BCUT2D eigenvalue weighted by Crippen LogP contribution is -2.46. The van der Waals surface area contributed by atoms with Crippen molar-refractivity contribution in [1.29, 1.82) is 0 Å². The number of likely N-dealkylation sites (N-methyl/N-ethyl adjacent to an activating group) is 1. The maximum Gasteiger partial charge on any atom is 0.183 e. The van der Waals surface area contributed by atoms with Gasteiger partial charge in [-0.3, -0.25) is 0 Å². The number of sulfone groups is 2. The van der Waals surface area contributed by atoms with Gasteiger partial charge in [-0.1, -0.05) is 31.2 Å². The Hall–Kier alpha value is -1.81. The standard InChI is InChI=1S/C22H29FN2O4S2/c1-4-16-5-11-19(12-6-16)31(28,29)22-15-30(26,27)14-20(22)24-13-21(25(2)3)17-7-9-18(23)10-8-17/h5-12,20-22,24H,4,13-15H2,1-3H3/t20-,21?,22-/m0/s1. The van der Waals surface area contributed by atoms with Crippen LogP contribution in [0.3, 0.4) is 0 Å². The van der Waals surface area contributed by atoms with E-state index >= 15 is 0 Å². The van der Waals surface area contributed by atoms with Gasteiger partial charge in [-0.15, -0.1) is 0 Å². The summed E-state index contributed by atoms with van der Waals surface area (Å²) in [6.07, 6.45) is 0.789. The summed E-state index contributed by atoms with van der Waals surface area (Å²) in [5, 5.41) is 2.13. The maximum absolute atomic E-state index is 13.3. The number of nitrogens with zero attached hydrogens (tertiary/aromatic N) is 1. The average Bonchev–Trinajstić information content (AvgIpc) is 3.04. The first-order valence-electron chi connectivity index (χ1n) is 10.2. The number of hydrogen-bond donors (Lipinski definition) is 1. The van der Waals surface area contributed by atoms with Crippen LogP contribution in [0.2, 0.25) is 0 Å². The summed E-state index contributed by atoms with van der Waals surface area (Å²) in [5.74, 6) is -0.962. The van der Waals surface area contributed by atoms with Gasteiger partial charge in [0.1, 0.15) is 5.82 Å². The van der Waals surface area contributed by atoms with Gasteiger partial charge in [0.2, 0.25) is 0 Å². The molecule has 0 spiro atoms. The van der Waals surface area contributed by atoms with Crippen molar-refractivity contribution in [3.63, 3.8) is 0 Å². The molecule has 31 heavy (non-hydrogen) atoms. The first-order chi connectivity index (χ1) is 14.5. The molecular formula is C22H29FN2O4S2. The van der Waals surface area contributed by atoms with Gasteiger partial charge in [0.25, 0.3) is 0 Å². The van der Waals surface area contributed by atoms with Crippen molar-refractivity contribution in [3.05, 3.63) is 65.5 Å². The molecule has 1 aliphatic rings. The van der Waals surface area contributed by atoms with Crippen molar-refractivity contribution in [1.82, 2.24) is 10.2 Å². The van der Waals surface area contributed by atoms with E-state index in [0.29, 0.717) is 6.54 Å². The Morgan fingerprint density at radius 2 is 1.68 bits per heavy atom. The average molecular weight is 469 g/mol. The van der Waals surface area contributed by atoms with E-state index in [1.54, 1.807) is 36.4 Å². The Bertz CT molecular complexity index is 1100. The molecule has 1 aliphatic heterocycles. The van der Waals surface area contributed by atoms with Gasteiger partial charge in [-0.05, 0) is 55.9 Å². The fourth-order valence-electron chi connectivity index (χ4n) is 3.95. The molecule has 0 aliphatic carbocycles. The molecule has 0 bridgehead atoms. The third-order valence-corrected chi connectivity index (χ3v) is 9.98. The normalized spacial score (nSPS) is 22.0. The van der Waals surface area contributed by atoms with Crippen LogP contribution in [0.4, 0.5) is 4.39 Å². The highest BCUT2D eigenvalue weighted by Gasteiger charge is 2.45. The van der Waals surface area contributed by atoms with E-state index in [2.05, 4.69) is 5.32 Å². The second kappa shape index (κ2) is 9.36. The zero-order valence-corrected chi connectivity index (χ0v) is 19.6. The Kier molecular flexibility index (Phi) is 7.20. The zero-order valence-electron chi connectivity index (χ0n) is 18.0. The summed E-state index contributed by atoms with van der Waals surface area (Å²) in [6, 6.07) is 11.8. The van der Waals surface area contributed by atoms with Crippen molar-refractivity contribution in [2.75, 3.05) is 32.1 Å². The van der Waals surface area contributed by atoms with E-state index in [9.17, 15) is 21.2 Å². The van der Waals surface area contributed by atoms with E-state index in [1.165, 1.54) is 12.1 Å². The highest BCUT2D eigenvalue weighted by Crippen LogP contribution is 2.27. The van der Waals surface area contributed by atoms with E-state index in [4.69, 9.17) is 0 Å². The minimum Gasteiger partial charge on any atom is -0.310 e. The number of hydrogen-bond acceptors (Lipinski definition) is 6. The van der Waals surface area contributed by atoms with E-state index < -0.39 is 36.7 Å². The minimum absolute atomic E-state index is 0.140. The van der Waals surface area contributed by atoms with Crippen LogP contribution in [0.15, 0.2) is 53.4 Å². The lowest BCUT2D eigenvalue weighted by molar-refractivity contribution is 0.281. The Labute approximate surface area is 184 Å². The third-order valence-electron chi connectivity index (χ3n) is 5.81. The summed E-state index contributed by atoms with van der Waals surface area (Å²) in [6.45, 7) is 2.31. The quantitative estimate of drug-likeness (QED) is 0.640. The molecular weight excluding hydrogens is 439 g/mol. The van der Waals surface area contributed by atoms with Gasteiger partial charge in [-0.25, -0.2) is 21.2 Å². The number of aryl methyl sites for hydroxylation is 1. The molecule has 0 amide bonds. The van der Waals surface area contributed by atoms with Gasteiger partial charge in [0.05, 0.1) is 21.7 Å². The van der Waals surface area contributed by atoms with Crippen LogP contribution in [-0.4, -0.2) is 65.2 Å². The lowest BCUT2D eigenvalue weighted by Gasteiger charge is -2.28. The van der Waals surface area contributed by atoms with Crippen molar-refractivity contribution in [3.8, 4) is 0 Å². The molecule has 6 nitrogen and oxygen atoms in total. The molecule has 2 aromatic carbocycles. The second-order valence-electron chi connectivity index (χ2n) is 8.20. The third kappa shape index (κ3) is 5.52. The fourth-order valence-corrected chi connectivity index (χ4v) is 8.66. The van der Waals surface area contributed by atoms with E-state index in [1.807, 2.05) is 25.9 Å². The van der Waals surface area contributed by atoms with Gasteiger partial charge in [-0.2, -0.15) is 0 Å². The molecule has 1 heterocycles. The van der Waals surface area contributed by atoms with Gasteiger partial charge in [0.15, 0.2) is 19.7 Å². The van der Waals surface area contributed by atoms with Crippen LogP contribution in [0.5, 0.6) is 0 Å². The molecule has 0 saturated carbocycles. The monoisotopic (exact) mass is 468 g/mol. The summed E-state index contributed by atoms with van der Waals surface area (Å²) < 4.78 is 64.5. The largest absolute Gasteiger partial charge is 0.310 e. The molecule has 0 radical (unpaired) electrons. The Morgan fingerprint density at radius 3 is 2.23 bits per heavy atom. The van der Waals surface area contributed by atoms with Crippen LogP contribution in [0, 0.1) is 5.82 Å². The van der Waals surface area contributed by atoms with Gasteiger partial charge >= 0.3 is 0 Å². The van der Waals surface area contributed by atoms with Crippen molar-refractivity contribution < 1.29 is 21.2 Å². The highest BCUT2D eigenvalue weighted by molar-refractivity contribution is 7.96. The van der Waals surface area contributed by atoms with Crippen molar-refractivity contribution in [2.45, 2.75) is 35.6 Å². The molecule has 9 heteroatoms. The Morgan fingerprint density at radius 1 is 1.06 bits per heavy atom. The topological polar surface area (TPSA) is 83.5 Å². The maximum atomic E-state index is 13.3. The van der Waals surface area contributed by atoms with Gasteiger partial charge in [0, 0.05) is 18.6 Å². The first-order valence-corrected chi connectivity index (χ1v) is 13.6. The second-order valence-corrected chi connectivity index (χ2v) is 12.5. The smallest absolute Gasteiger partial charge is 0.183 e. The fraction of sp³-hybridized carbons (Fsp3) is 0.455. The number of benzene rings is 2. The molecule has 170 valence electrons. The first kappa shape index (κ1) is 23.8. The predicted octanol–water partition coefficient (Wildman–Crippen LogP) is 2.22. The number of halogens is 1. The molecule has 0 aromatic heterocycles. The highest BCUT2D eigenvalue weighted by atomic mass is 32.2. The summed E-state index contributed by atoms with van der Waals surface area (Å²) in [4.78, 5) is 2.07. The molecule has 1 saturated heterocycles.